The van der Waals surface area contributed by atoms with Gasteiger partial charge in [0.2, 0.25) is 0 Å². The molecule has 0 spiro atoms. The monoisotopic (exact) mass is 176 g/mol. The van der Waals surface area contributed by atoms with Gasteiger partial charge in [-0.1, -0.05) is 0 Å². The number of rotatable bonds is 7. The molecule has 0 aliphatic heterocycles. The summed E-state index contributed by atoms with van der Waals surface area (Å²) in [6.07, 6.45) is -0.0306. The highest BCUT2D eigenvalue weighted by molar-refractivity contribution is 4.47. The van der Waals surface area contributed by atoms with Crippen molar-refractivity contribution in [3.05, 3.63) is 0 Å². The molecule has 0 fully saturated rings. The van der Waals surface area contributed by atoms with Crippen molar-refractivity contribution in [2.24, 2.45) is 0 Å². The smallest absolute Gasteiger partial charge is 0.155 e. The van der Waals surface area contributed by atoms with E-state index in [2.05, 4.69) is 0 Å². The van der Waals surface area contributed by atoms with Crippen LogP contribution in [0.3, 0.4) is 0 Å². The Balaban J connectivity index is 3.33. The van der Waals surface area contributed by atoms with Gasteiger partial charge in [-0.15, -0.1) is 0 Å². The van der Waals surface area contributed by atoms with Gasteiger partial charge < -0.3 is 14.2 Å². The molecule has 0 aromatic carbocycles. The minimum absolute atomic E-state index is 0.103. The van der Waals surface area contributed by atoms with Crippen LogP contribution in [0.4, 0.5) is 0 Å². The van der Waals surface area contributed by atoms with Gasteiger partial charge in [0.25, 0.3) is 0 Å². The van der Waals surface area contributed by atoms with E-state index >= 15 is 0 Å². The molecule has 0 rings (SSSR count). The zero-order valence-electron chi connectivity index (χ0n) is 8.50. The fourth-order valence-electron chi connectivity index (χ4n) is 0.924. The second-order valence-electron chi connectivity index (χ2n) is 2.63. The zero-order chi connectivity index (χ0) is 9.40. The van der Waals surface area contributed by atoms with Crippen LogP contribution in [0.5, 0.6) is 0 Å². The predicted molar refractivity (Wildman–Crippen MR) is 48.1 cm³/mol. The number of ether oxygens (including phenoxy) is 3. The molecule has 2 atom stereocenters. The highest BCUT2D eigenvalue weighted by Gasteiger charge is 2.07. The van der Waals surface area contributed by atoms with Crippen molar-refractivity contribution in [2.75, 3.05) is 19.8 Å². The SMILES string of the molecule is CCOCC(C)OC(C)OCC. The molecule has 0 aromatic heterocycles. The molecule has 0 aliphatic carbocycles. The van der Waals surface area contributed by atoms with Gasteiger partial charge >= 0.3 is 0 Å². The summed E-state index contributed by atoms with van der Waals surface area (Å²) in [4.78, 5) is 0. The van der Waals surface area contributed by atoms with E-state index in [0.29, 0.717) is 13.2 Å². The third-order valence-electron chi connectivity index (χ3n) is 1.38. The lowest BCUT2D eigenvalue weighted by molar-refractivity contribution is -0.164. The maximum Gasteiger partial charge on any atom is 0.155 e. The summed E-state index contributed by atoms with van der Waals surface area (Å²) in [5.41, 5.74) is 0. The summed E-state index contributed by atoms with van der Waals surface area (Å²) in [7, 11) is 0. The zero-order valence-corrected chi connectivity index (χ0v) is 8.50. The highest BCUT2D eigenvalue weighted by atomic mass is 16.7. The predicted octanol–water partition coefficient (Wildman–Crippen LogP) is 1.81. The van der Waals surface area contributed by atoms with Crippen LogP contribution in [0, 0.1) is 0 Å². The van der Waals surface area contributed by atoms with E-state index in [-0.39, 0.29) is 12.4 Å². The second kappa shape index (κ2) is 7.53. The molecular weight excluding hydrogens is 156 g/mol. The Hall–Kier alpha value is -0.120. The van der Waals surface area contributed by atoms with Crippen LogP contribution in [-0.4, -0.2) is 32.2 Å². The molecule has 0 amide bonds. The van der Waals surface area contributed by atoms with E-state index in [1.54, 1.807) is 0 Å². The maximum absolute atomic E-state index is 5.45. The number of hydrogen-bond donors (Lipinski definition) is 0. The highest BCUT2D eigenvalue weighted by Crippen LogP contribution is 1.99. The average Bonchev–Trinajstić information content (AvgIpc) is 2.01. The lowest BCUT2D eigenvalue weighted by Gasteiger charge is -2.18. The molecule has 12 heavy (non-hydrogen) atoms. The van der Waals surface area contributed by atoms with Crippen LogP contribution >= 0.6 is 0 Å². The molecule has 0 saturated heterocycles. The van der Waals surface area contributed by atoms with E-state index in [1.165, 1.54) is 0 Å². The lowest BCUT2D eigenvalue weighted by atomic mass is 10.4. The van der Waals surface area contributed by atoms with Crippen LogP contribution in [0.1, 0.15) is 27.7 Å². The molecule has 74 valence electrons. The van der Waals surface area contributed by atoms with Crippen molar-refractivity contribution >= 4 is 0 Å². The summed E-state index contributed by atoms with van der Waals surface area (Å²) in [6, 6.07) is 0. The molecule has 3 nitrogen and oxygen atoms in total. The lowest BCUT2D eigenvalue weighted by Crippen LogP contribution is -2.23. The molecule has 0 radical (unpaired) electrons. The fraction of sp³-hybridized carbons (Fsp3) is 1.00. The molecule has 0 heterocycles. The minimum atomic E-state index is -0.134. The van der Waals surface area contributed by atoms with E-state index in [9.17, 15) is 0 Å². The Morgan fingerprint density at radius 2 is 1.75 bits per heavy atom. The molecule has 0 aromatic rings. The summed E-state index contributed by atoms with van der Waals surface area (Å²) in [5, 5.41) is 0. The summed E-state index contributed by atoms with van der Waals surface area (Å²) >= 11 is 0. The first-order chi connectivity index (χ1) is 5.70. The van der Waals surface area contributed by atoms with Crippen LogP contribution in [-0.2, 0) is 14.2 Å². The van der Waals surface area contributed by atoms with Gasteiger partial charge in [0, 0.05) is 13.2 Å². The van der Waals surface area contributed by atoms with Crippen molar-refractivity contribution in [3.8, 4) is 0 Å². The first kappa shape index (κ1) is 11.9. The van der Waals surface area contributed by atoms with Crippen molar-refractivity contribution in [3.63, 3.8) is 0 Å². The molecule has 0 bridgehead atoms. The van der Waals surface area contributed by atoms with Crippen LogP contribution < -0.4 is 0 Å². The Morgan fingerprint density at radius 3 is 2.25 bits per heavy atom. The standard InChI is InChI=1S/C9H20O3/c1-5-10-7-8(3)12-9(4)11-6-2/h8-9H,5-7H2,1-4H3. The van der Waals surface area contributed by atoms with Crippen molar-refractivity contribution < 1.29 is 14.2 Å². The topological polar surface area (TPSA) is 27.7 Å². The molecule has 0 N–H and O–H groups in total. The van der Waals surface area contributed by atoms with Gasteiger partial charge in [-0.05, 0) is 27.7 Å². The fourth-order valence-corrected chi connectivity index (χ4v) is 0.924. The van der Waals surface area contributed by atoms with Gasteiger partial charge in [-0.3, -0.25) is 0 Å². The Kier molecular flexibility index (Phi) is 7.45. The van der Waals surface area contributed by atoms with Gasteiger partial charge in [0.1, 0.15) is 0 Å². The minimum Gasteiger partial charge on any atom is -0.379 e. The third-order valence-corrected chi connectivity index (χ3v) is 1.38. The van der Waals surface area contributed by atoms with Gasteiger partial charge in [0.05, 0.1) is 12.7 Å². The molecule has 0 aliphatic rings. The van der Waals surface area contributed by atoms with Crippen molar-refractivity contribution in [1.29, 1.82) is 0 Å². The maximum atomic E-state index is 5.45. The van der Waals surface area contributed by atoms with Crippen LogP contribution in [0.25, 0.3) is 0 Å². The molecule has 2 unspecified atom stereocenters. The van der Waals surface area contributed by atoms with Gasteiger partial charge in [0.15, 0.2) is 6.29 Å². The van der Waals surface area contributed by atoms with Crippen LogP contribution in [0.15, 0.2) is 0 Å². The second-order valence-corrected chi connectivity index (χ2v) is 2.63. The molecular formula is C9H20O3. The van der Waals surface area contributed by atoms with E-state index in [1.807, 2.05) is 27.7 Å². The Labute approximate surface area is 75.0 Å². The number of hydrogen-bond acceptors (Lipinski definition) is 3. The van der Waals surface area contributed by atoms with E-state index < -0.39 is 0 Å². The molecule has 3 heteroatoms. The Bertz CT molecular complexity index is 95.8. The Morgan fingerprint density at radius 1 is 1.08 bits per heavy atom. The summed E-state index contributed by atoms with van der Waals surface area (Å²) in [6.45, 7) is 9.84. The van der Waals surface area contributed by atoms with Gasteiger partial charge in [-0.2, -0.15) is 0 Å². The quantitative estimate of drug-likeness (QED) is 0.554. The first-order valence-electron chi connectivity index (χ1n) is 4.55. The van der Waals surface area contributed by atoms with E-state index in [4.69, 9.17) is 14.2 Å². The van der Waals surface area contributed by atoms with E-state index in [0.717, 1.165) is 6.61 Å². The summed E-state index contributed by atoms with van der Waals surface area (Å²) < 4.78 is 15.9. The van der Waals surface area contributed by atoms with Crippen molar-refractivity contribution in [2.45, 2.75) is 40.1 Å². The van der Waals surface area contributed by atoms with Crippen molar-refractivity contribution in [1.82, 2.24) is 0 Å². The van der Waals surface area contributed by atoms with Gasteiger partial charge in [-0.25, -0.2) is 0 Å². The normalized spacial score (nSPS) is 16.0. The first-order valence-corrected chi connectivity index (χ1v) is 4.55. The average molecular weight is 176 g/mol. The summed E-state index contributed by atoms with van der Waals surface area (Å²) in [5.74, 6) is 0. The third kappa shape index (κ3) is 6.58. The molecule has 0 saturated carbocycles. The largest absolute Gasteiger partial charge is 0.379 e. The van der Waals surface area contributed by atoms with Crippen LogP contribution in [0.2, 0.25) is 0 Å².